The van der Waals surface area contributed by atoms with Crippen molar-refractivity contribution >= 4 is 0 Å². The zero-order valence-electron chi connectivity index (χ0n) is 5.77. The van der Waals surface area contributed by atoms with Gasteiger partial charge in [0.15, 0.2) is 0 Å². The van der Waals surface area contributed by atoms with Crippen molar-refractivity contribution in [1.82, 2.24) is 5.32 Å². The highest BCUT2D eigenvalue weighted by Gasteiger charge is 2.23. The van der Waals surface area contributed by atoms with Gasteiger partial charge >= 0.3 is 0 Å². The summed E-state index contributed by atoms with van der Waals surface area (Å²) in [5.74, 6) is 0.976. The van der Waals surface area contributed by atoms with Crippen LogP contribution in [0.15, 0.2) is 0 Å². The molecule has 0 spiro atoms. The van der Waals surface area contributed by atoms with Crippen molar-refractivity contribution in [2.75, 3.05) is 6.54 Å². The van der Waals surface area contributed by atoms with E-state index in [1.807, 2.05) is 0 Å². The molecule has 2 unspecified atom stereocenters. The standard InChI is InChI=1S/C8H14N/c1-2-7-4-5-8(3-1)9-6-7/h1,7-9H,2-6H2. The summed E-state index contributed by atoms with van der Waals surface area (Å²) in [6.45, 7) is 1.28. The molecule has 2 bridgehead atoms. The Hall–Kier alpha value is -0.0400. The van der Waals surface area contributed by atoms with Crippen LogP contribution >= 0.6 is 0 Å². The summed E-state index contributed by atoms with van der Waals surface area (Å²) in [5.41, 5.74) is 0. The molecule has 3 rings (SSSR count). The van der Waals surface area contributed by atoms with Crippen LogP contribution in [-0.4, -0.2) is 12.6 Å². The molecule has 1 saturated carbocycles. The number of nitrogens with one attached hydrogen (secondary N) is 1. The third-order valence-corrected chi connectivity index (χ3v) is 2.57. The molecule has 0 aromatic carbocycles. The van der Waals surface area contributed by atoms with Gasteiger partial charge in [-0.1, -0.05) is 0 Å². The van der Waals surface area contributed by atoms with Crippen LogP contribution in [0.4, 0.5) is 0 Å². The minimum atomic E-state index is 0.837. The average molecular weight is 124 g/mol. The van der Waals surface area contributed by atoms with Gasteiger partial charge in [0, 0.05) is 6.04 Å². The van der Waals surface area contributed by atoms with Crippen LogP contribution in [0.5, 0.6) is 0 Å². The second-order valence-corrected chi connectivity index (χ2v) is 3.31. The maximum Gasteiger partial charge on any atom is 0.00700 e. The van der Waals surface area contributed by atoms with E-state index in [0.717, 1.165) is 12.0 Å². The summed E-state index contributed by atoms with van der Waals surface area (Å²) >= 11 is 0. The molecule has 0 aromatic heterocycles. The fraction of sp³-hybridized carbons (Fsp3) is 0.875. The first-order valence-corrected chi connectivity index (χ1v) is 4.00. The molecule has 0 aromatic rings. The lowest BCUT2D eigenvalue weighted by molar-refractivity contribution is 0.342. The molecule has 1 radical (unpaired) electrons. The van der Waals surface area contributed by atoms with E-state index in [-0.39, 0.29) is 0 Å². The van der Waals surface area contributed by atoms with Crippen molar-refractivity contribution in [1.29, 1.82) is 0 Å². The topological polar surface area (TPSA) is 12.0 Å². The molecule has 1 aliphatic carbocycles. The third-order valence-electron chi connectivity index (χ3n) is 2.57. The lowest BCUT2D eigenvalue weighted by atomic mass is 9.97. The number of hydrogen-bond acceptors (Lipinski definition) is 1. The largest absolute Gasteiger partial charge is 0.314 e. The zero-order chi connectivity index (χ0) is 6.10. The Labute approximate surface area is 56.8 Å². The van der Waals surface area contributed by atoms with E-state index in [1.54, 1.807) is 0 Å². The molecule has 51 valence electrons. The zero-order valence-corrected chi connectivity index (χ0v) is 5.77. The lowest BCUT2D eigenvalue weighted by Crippen LogP contribution is -2.35. The van der Waals surface area contributed by atoms with Gasteiger partial charge in [-0.2, -0.15) is 0 Å². The van der Waals surface area contributed by atoms with Crippen LogP contribution in [0.1, 0.15) is 25.7 Å². The SMILES string of the molecule is [CH]1CC2CCC(C1)NC2. The number of rotatable bonds is 0. The molecule has 3 fully saturated rings. The molecule has 1 nitrogen and oxygen atoms in total. The van der Waals surface area contributed by atoms with E-state index < -0.39 is 0 Å². The van der Waals surface area contributed by atoms with E-state index in [9.17, 15) is 0 Å². The molecule has 2 atom stereocenters. The Morgan fingerprint density at radius 1 is 1.22 bits per heavy atom. The molecule has 2 saturated heterocycles. The molecule has 9 heavy (non-hydrogen) atoms. The summed E-state index contributed by atoms with van der Waals surface area (Å²) in [5, 5.41) is 3.55. The van der Waals surface area contributed by atoms with Crippen molar-refractivity contribution in [2.24, 2.45) is 5.92 Å². The monoisotopic (exact) mass is 124 g/mol. The normalized spacial score (nSPS) is 42.7. The minimum Gasteiger partial charge on any atom is -0.314 e. The van der Waals surface area contributed by atoms with Crippen LogP contribution in [0, 0.1) is 12.3 Å². The first-order valence-electron chi connectivity index (χ1n) is 4.00. The van der Waals surface area contributed by atoms with E-state index in [4.69, 9.17) is 0 Å². The molecule has 1 heteroatoms. The van der Waals surface area contributed by atoms with Gasteiger partial charge in [0.25, 0.3) is 0 Å². The van der Waals surface area contributed by atoms with Crippen LogP contribution in [0.3, 0.4) is 0 Å². The highest BCUT2D eigenvalue weighted by molar-refractivity contribution is 4.89. The predicted octanol–water partition coefficient (Wildman–Crippen LogP) is 1.35. The van der Waals surface area contributed by atoms with Crippen molar-refractivity contribution in [2.45, 2.75) is 31.7 Å². The molecule has 2 heterocycles. The highest BCUT2D eigenvalue weighted by atomic mass is 14.9. The van der Waals surface area contributed by atoms with E-state index in [2.05, 4.69) is 11.7 Å². The summed E-state index contributed by atoms with van der Waals surface area (Å²) < 4.78 is 0. The third kappa shape index (κ3) is 1.11. The first-order chi connectivity index (χ1) is 4.45. The Morgan fingerprint density at radius 3 is 3.00 bits per heavy atom. The van der Waals surface area contributed by atoms with Crippen LogP contribution in [0.25, 0.3) is 0 Å². The molecule has 1 N–H and O–H groups in total. The summed E-state index contributed by atoms with van der Waals surface area (Å²) in [4.78, 5) is 0. The maximum absolute atomic E-state index is 3.55. The molecule has 2 aliphatic heterocycles. The molecule has 0 amide bonds. The predicted molar refractivity (Wildman–Crippen MR) is 38.0 cm³/mol. The second-order valence-electron chi connectivity index (χ2n) is 3.31. The fourth-order valence-corrected chi connectivity index (χ4v) is 1.91. The van der Waals surface area contributed by atoms with Gasteiger partial charge in [-0.3, -0.25) is 0 Å². The van der Waals surface area contributed by atoms with Crippen molar-refractivity contribution in [3.63, 3.8) is 0 Å². The number of hydrogen-bond donors (Lipinski definition) is 1. The van der Waals surface area contributed by atoms with E-state index in [1.165, 1.54) is 32.2 Å². The Kier molecular flexibility index (Phi) is 1.46. The first kappa shape index (κ1) is 5.72. The van der Waals surface area contributed by atoms with Crippen molar-refractivity contribution in [3.05, 3.63) is 6.42 Å². The minimum absolute atomic E-state index is 0.837. The Morgan fingerprint density at radius 2 is 2.22 bits per heavy atom. The lowest BCUT2D eigenvalue weighted by Gasteiger charge is -2.24. The van der Waals surface area contributed by atoms with Gasteiger partial charge in [0.05, 0.1) is 0 Å². The average Bonchev–Trinajstić information content (AvgIpc) is 2.21. The summed E-state index contributed by atoms with van der Waals surface area (Å²) in [6.07, 6.45) is 8.03. The van der Waals surface area contributed by atoms with E-state index >= 15 is 0 Å². The molecule has 3 aliphatic rings. The van der Waals surface area contributed by atoms with Gasteiger partial charge in [-0.25, -0.2) is 0 Å². The van der Waals surface area contributed by atoms with Gasteiger partial charge < -0.3 is 5.32 Å². The maximum atomic E-state index is 3.55. The molecular formula is C8H14N. The van der Waals surface area contributed by atoms with Gasteiger partial charge in [-0.15, -0.1) is 0 Å². The Bertz CT molecular complexity index is 75.2. The number of piperidine rings is 1. The van der Waals surface area contributed by atoms with E-state index in [0.29, 0.717) is 0 Å². The van der Waals surface area contributed by atoms with Crippen LogP contribution < -0.4 is 5.32 Å². The van der Waals surface area contributed by atoms with Crippen LogP contribution in [0.2, 0.25) is 0 Å². The van der Waals surface area contributed by atoms with Gasteiger partial charge in [0.1, 0.15) is 0 Å². The smallest absolute Gasteiger partial charge is 0.00700 e. The summed E-state index contributed by atoms with van der Waals surface area (Å²) in [7, 11) is 0. The second kappa shape index (κ2) is 2.30. The van der Waals surface area contributed by atoms with Gasteiger partial charge in [0.2, 0.25) is 0 Å². The summed E-state index contributed by atoms with van der Waals surface area (Å²) in [6, 6.07) is 0.837. The van der Waals surface area contributed by atoms with Gasteiger partial charge in [-0.05, 0) is 44.6 Å². The highest BCUT2D eigenvalue weighted by Crippen LogP contribution is 2.26. The van der Waals surface area contributed by atoms with Crippen LogP contribution in [-0.2, 0) is 0 Å². The fourth-order valence-electron chi connectivity index (χ4n) is 1.91. The number of fused-ring (bicyclic) bond motifs is 4. The van der Waals surface area contributed by atoms with Crippen molar-refractivity contribution < 1.29 is 0 Å². The Balaban J connectivity index is 2.03. The van der Waals surface area contributed by atoms with Crippen molar-refractivity contribution in [3.8, 4) is 0 Å². The molecular weight excluding hydrogens is 110 g/mol. The quantitative estimate of drug-likeness (QED) is 0.514.